The van der Waals surface area contributed by atoms with Gasteiger partial charge < -0.3 is 15.5 Å². The molecule has 100 valence electrons. The van der Waals surface area contributed by atoms with Crippen LogP contribution in [0, 0.1) is 0 Å². The van der Waals surface area contributed by atoms with Crippen LogP contribution in [0.15, 0.2) is 0 Å². The van der Waals surface area contributed by atoms with Gasteiger partial charge in [-0.25, -0.2) is 0 Å². The van der Waals surface area contributed by atoms with Crippen LogP contribution in [0.3, 0.4) is 0 Å². The zero-order chi connectivity index (χ0) is 12.9. The van der Waals surface area contributed by atoms with Gasteiger partial charge in [0.25, 0.3) is 0 Å². The average Bonchev–Trinajstić information content (AvgIpc) is 2.61. The van der Waals surface area contributed by atoms with E-state index in [0.29, 0.717) is 12.6 Å². The van der Waals surface area contributed by atoms with Crippen LogP contribution in [0.25, 0.3) is 0 Å². The van der Waals surface area contributed by atoms with Gasteiger partial charge in [0.15, 0.2) is 0 Å². The molecule has 1 unspecified atom stereocenters. The van der Waals surface area contributed by atoms with Crippen molar-refractivity contribution in [3.63, 3.8) is 0 Å². The largest absolute Gasteiger partial charge is 0.405 e. The summed E-state index contributed by atoms with van der Waals surface area (Å²) in [4.78, 5) is 13.2. The van der Waals surface area contributed by atoms with Gasteiger partial charge in [0.05, 0.1) is 6.54 Å². The molecule has 0 spiro atoms. The SMILES string of the molecule is CN1CCCC1CNCC(=O)NCC(F)(F)F. The van der Waals surface area contributed by atoms with Gasteiger partial charge in [0, 0.05) is 12.6 Å². The monoisotopic (exact) mass is 253 g/mol. The van der Waals surface area contributed by atoms with E-state index in [1.54, 1.807) is 0 Å². The number of carbonyl (C=O) groups excluding carboxylic acids is 1. The molecule has 1 fully saturated rings. The summed E-state index contributed by atoms with van der Waals surface area (Å²) in [7, 11) is 2.00. The molecule has 1 atom stereocenters. The number of amides is 1. The van der Waals surface area contributed by atoms with E-state index in [1.165, 1.54) is 0 Å². The highest BCUT2D eigenvalue weighted by atomic mass is 19.4. The molecule has 0 saturated carbocycles. The number of likely N-dealkylation sites (tertiary alicyclic amines) is 1. The number of hydrogen-bond donors (Lipinski definition) is 2. The first-order valence-corrected chi connectivity index (χ1v) is 5.63. The molecular weight excluding hydrogens is 235 g/mol. The van der Waals surface area contributed by atoms with Crippen molar-refractivity contribution in [1.82, 2.24) is 15.5 Å². The van der Waals surface area contributed by atoms with Gasteiger partial charge in [0.2, 0.25) is 5.91 Å². The summed E-state index contributed by atoms with van der Waals surface area (Å²) in [6.07, 6.45) is -2.15. The van der Waals surface area contributed by atoms with Crippen LogP contribution < -0.4 is 10.6 Å². The highest BCUT2D eigenvalue weighted by molar-refractivity contribution is 5.77. The minimum absolute atomic E-state index is 0.0690. The quantitative estimate of drug-likeness (QED) is 0.743. The third-order valence-corrected chi connectivity index (χ3v) is 2.82. The molecule has 2 N–H and O–H groups in total. The number of nitrogens with one attached hydrogen (secondary N) is 2. The Balaban J connectivity index is 2.08. The summed E-state index contributed by atoms with van der Waals surface area (Å²) < 4.78 is 35.4. The zero-order valence-electron chi connectivity index (χ0n) is 9.81. The molecule has 0 aromatic carbocycles. The van der Waals surface area contributed by atoms with Gasteiger partial charge in [0.1, 0.15) is 6.54 Å². The molecule has 1 rings (SSSR count). The number of likely N-dealkylation sites (N-methyl/N-ethyl adjacent to an activating group) is 1. The topological polar surface area (TPSA) is 44.4 Å². The smallest absolute Gasteiger partial charge is 0.346 e. The fourth-order valence-electron chi connectivity index (χ4n) is 1.85. The molecule has 0 aromatic heterocycles. The molecule has 7 heteroatoms. The minimum atomic E-state index is -4.35. The molecule has 17 heavy (non-hydrogen) atoms. The summed E-state index contributed by atoms with van der Waals surface area (Å²) in [6, 6.07) is 0.380. The van der Waals surface area contributed by atoms with Crippen LogP contribution in [-0.4, -0.2) is 56.3 Å². The van der Waals surface area contributed by atoms with E-state index in [9.17, 15) is 18.0 Å². The van der Waals surface area contributed by atoms with Crippen LogP contribution in [0.1, 0.15) is 12.8 Å². The standard InChI is InChI=1S/C10H18F3N3O/c1-16-4-2-3-8(16)5-14-6-9(17)15-7-10(11,12)13/h8,14H,2-7H2,1H3,(H,15,17). The molecule has 1 aliphatic rings. The Bertz CT molecular complexity index is 258. The van der Waals surface area contributed by atoms with Crippen LogP contribution in [-0.2, 0) is 4.79 Å². The van der Waals surface area contributed by atoms with Crippen LogP contribution in [0.5, 0.6) is 0 Å². The first-order chi connectivity index (χ1) is 7.88. The van der Waals surface area contributed by atoms with E-state index in [1.807, 2.05) is 12.4 Å². The fourth-order valence-corrected chi connectivity index (χ4v) is 1.85. The lowest BCUT2D eigenvalue weighted by Crippen LogP contribution is -2.42. The van der Waals surface area contributed by atoms with Crippen molar-refractivity contribution in [2.24, 2.45) is 0 Å². The Labute approximate surface area is 98.5 Å². The van der Waals surface area contributed by atoms with Crippen molar-refractivity contribution < 1.29 is 18.0 Å². The second-order valence-corrected chi connectivity index (χ2v) is 4.30. The maximum atomic E-state index is 11.8. The van der Waals surface area contributed by atoms with E-state index in [2.05, 4.69) is 10.2 Å². The Morgan fingerprint density at radius 2 is 2.18 bits per heavy atom. The van der Waals surface area contributed by atoms with E-state index in [0.717, 1.165) is 19.4 Å². The maximum Gasteiger partial charge on any atom is 0.405 e. The van der Waals surface area contributed by atoms with Gasteiger partial charge in [-0.15, -0.1) is 0 Å². The van der Waals surface area contributed by atoms with E-state index >= 15 is 0 Å². The van der Waals surface area contributed by atoms with Crippen molar-refractivity contribution in [2.75, 3.05) is 33.2 Å². The predicted molar refractivity (Wildman–Crippen MR) is 57.6 cm³/mol. The van der Waals surface area contributed by atoms with Crippen LogP contribution in [0.4, 0.5) is 13.2 Å². The van der Waals surface area contributed by atoms with Crippen molar-refractivity contribution in [3.05, 3.63) is 0 Å². The molecule has 1 heterocycles. The Morgan fingerprint density at radius 1 is 1.47 bits per heavy atom. The van der Waals surface area contributed by atoms with Gasteiger partial charge in [-0.3, -0.25) is 4.79 Å². The van der Waals surface area contributed by atoms with Crippen LogP contribution in [0.2, 0.25) is 0 Å². The Kier molecular flexibility index (Phi) is 5.20. The lowest BCUT2D eigenvalue weighted by atomic mass is 10.2. The predicted octanol–water partition coefficient (Wildman–Crippen LogP) is 0.349. The van der Waals surface area contributed by atoms with Gasteiger partial charge in [-0.1, -0.05) is 0 Å². The third kappa shape index (κ3) is 5.88. The first-order valence-electron chi connectivity index (χ1n) is 5.63. The van der Waals surface area contributed by atoms with Crippen LogP contribution >= 0.6 is 0 Å². The van der Waals surface area contributed by atoms with E-state index in [-0.39, 0.29) is 6.54 Å². The number of halogens is 3. The highest BCUT2D eigenvalue weighted by Gasteiger charge is 2.27. The van der Waals surface area contributed by atoms with Crippen molar-refractivity contribution >= 4 is 5.91 Å². The van der Waals surface area contributed by atoms with Gasteiger partial charge in [-0.05, 0) is 26.4 Å². The zero-order valence-corrected chi connectivity index (χ0v) is 9.81. The lowest BCUT2D eigenvalue weighted by Gasteiger charge is -2.19. The number of rotatable bonds is 5. The molecular formula is C10H18F3N3O. The molecule has 1 amide bonds. The summed E-state index contributed by atoms with van der Waals surface area (Å²) >= 11 is 0. The third-order valence-electron chi connectivity index (χ3n) is 2.82. The fraction of sp³-hybridized carbons (Fsp3) is 0.900. The molecule has 0 aromatic rings. The molecule has 0 radical (unpaired) electrons. The second-order valence-electron chi connectivity index (χ2n) is 4.30. The van der Waals surface area contributed by atoms with Crippen molar-refractivity contribution in [1.29, 1.82) is 0 Å². The molecule has 1 aliphatic heterocycles. The van der Waals surface area contributed by atoms with Crippen molar-refractivity contribution in [2.45, 2.75) is 25.1 Å². The summed E-state index contributed by atoms with van der Waals surface area (Å²) in [5.74, 6) is -0.622. The summed E-state index contributed by atoms with van der Waals surface area (Å²) in [5.41, 5.74) is 0. The Morgan fingerprint density at radius 3 is 2.71 bits per heavy atom. The second kappa shape index (κ2) is 6.20. The van der Waals surface area contributed by atoms with Gasteiger partial charge >= 0.3 is 6.18 Å². The van der Waals surface area contributed by atoms with Crippen molar-refractivity contribution in [3.8, 4) is 0 Å². The first kappa shape index (κ1) is 14.2. The van der Waals surface area contributed by atoms with Gasteiger partial charge in [-0.2, -0.15) is 13.2 Å². The molecule has 0 bridgehead atoms. The number of hydrogen-bond acceptors (Lipinski definition) is 3. The number of nitrogens with zero attached hydrogens (tertiary/aromatic N) is 1. The summed E-state index contributed by atoms with van der Waals surface area (Å²) in [5, 5.41) is 4.69. The Hall–Kier alpha value is -0.820. The average molecular weight is 253 g/mol. The highest BCUT2D eigenvalue weighted by Crippen LogP contribution is 2.13. The maximum absolute atomic E-state index is 11.8. The normalized spacial score (nSPS) is 21.8. The number of carbonyl (C=O) groups is 1. The molecule has 0 aliphatic carbocycles. The van der Waals surface area contributed by atoms with E-state index in [4.69, 9.17) is 0 Å². The molecule has 1 saturated heterocycles. The van der Waals surface area contributed by atoms with E-state index < -0.39 is 18.6 Å². The lowest BCUT2D eigenvalue weighted by molar-refractivity contribution is -0.137. The number of alkyl halides is 3. The summed E-state index contributed by atoms with van der Waals surface area (Å²) in [6.45, 7) is 0.333. The molecule has 4 nitrogen and oxygen atoms in total. The minimum Gasteiger partial charge on any atom is -0.346 e.